The molecular weight excluding hydrogens is 300 g/mol. The number of hydrogen-bond donors (Lipinski definition) is 1. The van der Waals surface area contributed by atoms with E-state index >= 15 is 0 Å². The van der Waals surface area contributed by atoms with E-state index in [1.807, 2.05) is 49.4 Å². The zero-order valence-corrected chi connectivity index (χ0v) is 13.2. The molecule has 5 heteroatoms. The number of nitrogens with zero attached hydrogens (tertiary/aromatic N) is 3. The van der Waals surface area contributed by atoms with E-state index in [2.05, 4.69) is 21.2 Å². The van der Waals surface area contributed by atoms with Crippen LogP contribution in [0.2, 0.25) is 0 Å². The van der Waals surface area contributed by atoms with Gasteiger partial charge in [-0.2, -0.15) is 4.98 Å². The van der Waals surface area contributed by atoms with Gasteiger partial charge < -0.3 is 10.3 Å². The van der Waals surface area contributed by atoms with E-state index < -0.39 is 0 Å². The second kappa shape index (κ2) is 5.77. The summed E-state index contributed by atoms with van der Waals surface area (Å²) in [7, 11) is 0. The molecule has 0 fully saturated rings. The summed E-state index contributed by atoms with van der Waals surface area (Å²) in [5, 5.41) is 5.02. The number of hydrogen-bond acceptors (Lipinski definition) is 5. The Labute approximate surface area is 139 Å². The van der Waals surface area contributed by atoms with Crippen LogP contribution in [0.15, 0.2) is 59.3 Å². The number of para-hydroxylation sites is 1. The number of aromatic nitrogens is 3. The zero-order chi connectivity index (χ0) is 16.5. The molecule has 0 radical (unpaired) electrons. The highest BCUT2D eigenvalue weighted by molar-refractivity contribution is 5.89. The van der Waals surface area contributed by atoms with Crippen molar-refractivity contribution in [2.45, 2.75) is 13.3 Å². The molecule has 0 aliphatic carbocycles. The number of pyridine rings is 1. The third kappa shape index (κ3) is 2.50. The van der Waals surface area contributed by atoms with Gasteiger partial charge in [0.1, 0.15) is 0 Å². The lowest BCUT2D eigenvalue weighted by atomic mass is 10.0. The fourth-order valence-electron chi connectivity index (χ4n) is 2.70. The monoisotopic (exact) mass is 316 g/mol. The lowest BCUT2D eigenvalue weighted by molar-refractivity contribution is 0.383. The van der Waals surface area contributed by atoms with E-state index in [0.717, 1.165) is 33.3 Å². The average Bonchev–Trinajstić information content (AvgIpc) is 3.10. The number of nitrogen functional groups attached to an aromatic ring is 1. The van der Waals surface area contributed by atoms with E-state index in [-0.39, 0.29) is 0 Å². The number of aryl methyl sites for hydroxylation is 1. The standard InChI is InChI=1S/C19H16N4O/c1-2-18-22-19(23-24-18)14-10-13-9-12(7-8-17(13)21-11-14)15-5-3-4-6-16(15)20/h3-11H,2,20H2,1H3. The lowest BCUT2D eigenvalue weighted by Crippen LogP contribution is -1.90. The number of benzene rings is 2. The fourth-order valence-corrected chi connectivity index (χ4v) is 2.70. The molecule has 0 saturated heterocycles. The Kier molecular flexibility index (Phi) is 3.46. The van der Waals surface area contributed by atoms with Gasteiger partial charge in [-0.25, -0.2) is 0 Å². The Morgan fingerprint density at radius 2 is 1.88 bits per heavy atom. The Morgan fingerprint density at radius 1 is 1.04 bits per heavy atom. The van der Waals surface area contributed by atoms with Crippen molar-refractivity contribution in [1.82, 2.24) is 15.1 Å². The highest BCUT2D eigenvalue weighted by Gasteiger charge is 2.10. The van der Waals surface area contributed by atoms with Gasteiger partial charge in [0.25, 0.3) is 0 Å². The first-order valence-electron chi connectivity index (χ1n) is 7.82. The minimum atomic E-state index is 0.561. The molecule has 2 heterocycles. The van der Waals surface area contributed by atoms with Crippen LogP contribution in [0, 0.1) is 0 Å². The van der Waals surface area contributed by atoms with Gasteiger partial charge in [0.2, 0.25) is 11.7 Å². The molecule has 0 atom stereocenters. The number of fused-ring (bicyclic) bond motifs is 1. The molecule has 0 bridgehead atoms. The van der Waals surface area contributed by atoms with Crippen molar-refractivity contribution in [1.29, 1.82) is 0 Å². The molecule has 4 aromatic rings. The minimum Gasteiger partial charge on any atom is -0.398 e. The van der Waals surface area contributed by atoms with Crippen LogP contribution in [0.4, 0.5) is 5.69 Å². The zero-order valence-electron chi connectivity index (χ0n) is 13.2. The highest BCUT2D eigenvalue weighted by atomic mass is 16.5. The lowest BCUT2D eigenvalue weighted by Gasteiger charge is -2.07. The molecule has 4 rings (SSSR count). The first kappa shape index (κ1) is 14.4. The maximum absolute atomic E-state index is 6.09. The van der Waals surface area contributed by atoms with Gasteiger partial charge in [-0.3, -0.25) is 4.98 Å². The Bertz CT molecular complexity index is 1020. The second-order valence-corrected chi connectivity index (χ2v) is 5.58. The quantitative estimate of drug-likeness (QED) is 0.576. The number of anilines is 1. The molecule has 118 valence electrons. The first-order chi connectivity index (χ1) is 11.7. The number of rotatable bonds is 3. The molecule has 0 unspecified atom stereocenters. The van der Waals surface area contributed by atoms with Crippen LogP contribution in [-0.2, 0) is 6.42 Å². The summed E-state index contributed by atoms with van der Waals surface area (Å²) >= 11 is 0. The van der Waals surface area contributed by atoms with Crippen molar-refractivity contribution in [3.8, 4) is 22.5 Å². The molecule has 2 N–H and O–H groups in total. The molecule has 0 saturated carbocycles. The van der Waals surface area contributed by atoms with Crippen molar-refractivity contribution in [3.05, 3.63) is 60.6 Å². The predicted octanol–water partition coefficient (Wildman–Crippen LogP) is 4.10. The summed E-state index contributed by atoms with van der Waals surface area (Å²) < 4.78 is 5.18. The van der Waals surface area contributed by atoms with Gasteiger partial charge in [0.15, 0.2) is 0 Å². The third-order valence-electron chi connectivity index (χ3n) is 3.98. The van der Waals surface area contributed by atoms with Gasteiger partial charge >= 0.3 is 0 Å². The van der Waals surface area contributed by atoms with Gasteiger partial charge in [-0.05, 0) is 29.8 Å². The van der Waals surface area contributed by atoms with Crippen molar-refractivity contribution in [2.75, 3.05) is 5.73 Å². The van der Waals surface area contributed by atoms with E-state index in [9.17, 15) is 0 Å². The summed E-state index contributed by atoms with van der Waals surface area (Å²) in [6, 6.07) is 16.0. The molecule has 0 aliphatic rings. The average molecular weight is 316 g/mol. The number of nitrogens with two attached hydrogens (primary N) is 1. The van der Waals surface area contributed by atoms with Crippen molar-refractivity contribution in [3.63, 3.8) is 0 Å². The minimum absolute atomic E-state index is 0.561. The maximum atomic E-state index is 6.09. The van der Waals surface area contributed by atoms with Crippen molar-refractivity contribution >= 4 is 16.6 Å². The predicted molar refractivity (Wildman–Crippen MR) is 94.3 cm³/mol. The molecule has 2 aromatic carbocycles. The largest absolute Gasteiger partial charge is 0.398 e. The van der Waals surface area contributed by atoms with Gasteiger partial charge in [-0.1, -0.05) is 36.3 Å². The first-order valence-corrected chi connectivity index (χ1v) is 7.82. The molecule has 5 nitrogen and oxygen atoms in total. The summed E-state index contributed by atoms with van der Waals surface area (Å²) in [6.07, 6.45) is 2.48. The van der Waals surface area contributed by atoms with E-state index in [0.29, 0.717) is 18.1 Å². The van der Waals surface area contributed by atoms with Crippen LogP contribution in [0.3, 0.4) is 0 Å². The summed E-state index contributed by atoms with van der Waals surface area (Å²) in [5.74, 6) is 1.18. The van der Waals surface area contributed by atoms with Crippen LogP contribution < -0.4 is 5.73 Å². The fraction of sp³-hybridized carbons (Fsp3) is 0.105. The van der Waals surface area contributed by atoms with Gasteiger partial charge in [-0.15, -0.1) is 0 Å². The Balaban J connectivity index is 1.82. The third-order valence-corrected chi connectivity index (χ3v) is 3.98. The molecule has 0 aliphatic heterocycles. The molecule has 0 spiro atoms. The molecule has 0 amide bonds. The van der Waals surface area contributed by atoms with E-state index in [1.54, 1.807) is 6.20 Å². The Hall–Kier alpha value is -3.21. The summed E-state index contributed by atoms with van der Waals surface area (Å²) in [5.41, 5.74) is 10.7. The van der Waals surface area contributed by atoms with Gasteiger partial charge in [0, 0.05) is 34.8 Å². The smallest absolute Gasteiger partial charge is 0.226 e. The van der Waals surface area contributed by atoms with Crippen LogP contribution in [0.5, 0.6) is 0 Å². The van der Waals surface area contributed by atoms with Crippen LogP contribution in [-0.4, -0.2) is 15.1 Å². The van der Waals surface area contributed by atoms with Gasteiger partial charge in [0.05, 0.1) is 5.52 Å². The summed E-state index contributed by atoms with van der Waals surface area (Å²) in [4.78, 5) is 8.86. The Morgan fingerprint density at radius 3 is 2.67 bits per heavy atom. The second-order valence-electron chi connectivity index (χ2n) is 5.58. The molecular formula is C19H16N4O. The summed E-state index contributed by atoms with van der Waals surface area (Å²) in [6.45, 7) is 1.98. The van der Waals surface area contributed by atoms with Crippen LogP contribution in [0.25, 0.3) is 33.4 Å². The van der Waals surface area contributed by atoms with Crippen LogP contribution >= 0.6 is 0 Å². The van der Waals surface area contributed by atoms with E-state index in [4.69, 9.17) is 10.3 Å². The maximum Gasteiger partial charge on any atom is 0.226 e. The topological polar surface area (TPSA) is 77.8 Å². The molecule has 2 aromatic heterocycles. The molecule has 24 heavy (non-hydrogen) atoms. The van der Waals surface area contributed by atoms with Crippen molar-refractivity contribution < 1.29 is 4.52 Å². The van der Waals surface area contributed by atoms with Crippen LogP contribution in [0.1, 0.15) is 12.8 Å². The SMILES string of the molecule is CCc1nc(-c2cnc3ccc(-c4ccccc4N)cc3c2)no1. The van der Waals surface area contributed by atoms with E-state index in [1.165, 1.54) is 0 Å². The van der Waals surface area contributed by atoms with Crippen molar-refractivity contribution in [2.24, 2.45) is 0 Å². The normalized spacial score (nSPS) is 11.0. The highest BCUT2D eigenvalue weighted by Crippen LogP contribution is 2.29.